The molecule has 0 aliphatic heterocycles. The van der Waals surface area contributed by atoms with Gasteiger partial charge in [0.1, 0.15) is 18.5 Å². The third-order valence-electron chi connectivity index (χ3n) is 4.99. The van der Waals surface area contributed by atoms with Gasteiger partial charge in [-0.25, -0.2) is 4.98 Å². The summed E-state index contributed by atoms with van der Waals surface area (Å²) < 4.78 is 11.7. The minimum absolute atomic E-state index is 0. The molecule has 3 aromatic carbocycles. The molecule has 1 aromatic heterocycles. The predicted molar refractivity (Wildman–Crippen MR) is 140 cm³/mol. The molecule has 0 atom stereocenters. The maximum Gasteiger partial charge on any atom is 0.161 e. The summed E-state index contributed by atoms with van der Waals surface area (Å²) in [5.74, 6) is 1.68. The van der Waals surface area contributed by atoms with E-state index in [1.807, 2.05) is 56.3 Å². The predicted octanol–water partition coefficient (Wildman–Crippen LogP) is 7.64. The van der Waals surface area contributed by atoms with Gasteiger partial charge in [-0.3, -0.25) is 0 Å². The normalized spacial score (nSPS) is 11.1. The first-order valence-electron chi connectivity index (χ1n) is 10.4. The van der Waals surface area contributed by atoms with Crippen LogP contribution < -0.4 is 9.47 Å². The topological polar surface area (TPSA) is 70.9 Å². The number of H-pyrrole nitrogens is 1. The van der Waals surface area contributed by atoms with Gasteiger partial charge in [0.2, 0.25) is 0 Å². The van der Waals surface area contributed by atoms with Crippen LogP contribution in [-0.4, -0.2) is 16.6 Å². The highest BCUT2D eigenvalue weighted by Gasteiger charge is 2.11. The summed E-state index contributed by atoms with van der Waals surface area (Å²) in [5.41, 5.74) is 4.87. The van der Waals surface area contributed by atoms with E-state index in [1.165, 1.54) is 0 Å². The van der Waals surface area contributed by atoms with Gasteiger partial charge >= 0.3 is 0 Å². The number of imidazole rings is 1. The van der Waals surface area contributed by atoms with Crippen molar-refractivity contribution in [1.29, 1.82) is 5.26 Å². The van der Waals surface area contributed by atoms with Gasteiger partial charge in [0, 0.05) is 15.6 Å². The van der Waals surface area contributed by atoms with Crippen LogP contribution in [0.3, 0.4) is 0 Å². The van der Waals surface area contributed by atoms with Gasteiger partial charge in [0.25, 0.3) is 0 Å². The van der Waals surface area contributed by atoms with Crippen molar-refractivity contribution in [3.63, 3.8) is 0 Å². The Morgan fingerprint density at radius 3 is 2.62 bits per heavy atom. The standard InChI is InChI=1S/C26H21Cl2N3O2.ClH/c1-3-32-25-12-17(5-9-24(25)33-15-18-6-7-20(27)13-21(18)28)11-19(14-29)26-30-22-8-4-16(2)10-23(22)31-26;/h4-13H,3,15H2,1-2H3,(H,30,31);1H/b19-11-;. The lowest BCUT2D eigenvalue weighted by atomic mass is 10.1. The average Bonchev–Trinajstić information content (AvgIpc) is 3.21. The smallest absolute Gasteiger partial charge is 0.161 e. The summed E-state index contributed by atoms with van der Waals surface area (Å²) in [6, 6.07) is 19.0. The lowest BCUT2D eigenvalue weighted by Crippen LogP contribution is -2.00. The lowest BCUT2D eigenvalue weighted by Gasteiger charge is -2.13. The molecule has 0 unspecified atom stereocenters. The van der Waals surface area contributed by atoms with E-state index < -0.39 is 0 Å². The molecule has 0 spiro atoms. The quantitative estimate of drug-likeness (QED) is 0.257. The molecule has 0 saturated carbocycles. The number of hydrogen-bond acceptors (Lipinski definition) is 4. The van der Waals surface area contributed by atoms with Crippen LogP contribution in [0.1, 0.15) is 29.4 Å². The van der Waals surface area contributed by atoms with Gasteiger partial charge in [-0.1, -0.05) is 41.4 Å². The number of fused-ring (bicyclic) bond motifs is 1. The molecule has 0 bridgehead atoms. The number of halogens is 3. The molecule has 5 nitrogen and oxygen atoms in total. The van der Waals surface area contributed by atoms with Crippen molar-refractivity contribution in [2.45, 2.75) is 20.5 Å². The molecule has 0 saturated heterocycles. The van der Waals surface area contributed by atoms with Gasteiger partial charge in [0.15, 0.2) is 11.5 Å². The van der Waals surface area contributed by atoms with Crippen molar-refractivity contribution in [2.75, 3.05) is 6.61 Å². The van der Waals surface area contributed by atoms with Crippen molar-refractivity contribution >= 4 is 58.3 Å². The van der Waals surface area contributed by atoms with Crippen LogP contribution in [0.25, 0.3) is 22.7 Å². The molecule has 174 valence electrons. The zero-order valence-electron chi connectivity index (χ0n) is 18.6. The maximum absolute atomic E-state index is 9.75. The molecule has 0 aliphatic rings. The summed E-state index contributed by atoms with van der Waals surface area (Å²) >= 11 is 12.2. The molecule has 34 heavy (non-hydrogen) atoms. The first-order valence-corrected chi connectivity index (χ1v) is 11.1. The fraction of sp³-hybridized carbons (Fsp3) is 0.154. The first-order chi connectivity index (χ1) is 16.0. The van der Waals surface area contributed by atoms with Crippen molar-refractivity contribution in [3.05, 3.63) is 87.2 Å². The number of aryl methyl sites for hydroxylation is 1. The van der Waals surface area contributed by atoms with Gasteiger partial charge in [-0.15, -0.1) is 12.4 Å². The third-order valence-corrected chi connectivity index (χ3v) is 5.58. The molecule has 1 N–H and O–H groups in total. The Kier molecular flexibility index (Phi) is 8.46. The van der Waals surface area contributed by atoms with E-state index in [9.17, 15) is 5.26 Å². The summed E-state index contributed by atoms with van der Waals surface area (Å²) in [4.78, 5) is 7.78. The molecular formula is C26H22Cl3N3O2. The molecule has 4 rings (SSSR count). The molecule has 0 radical (unpaired) electrons. The highest BCUT2D eigenvalue weighted by molar-refractivity contribution is 6.35. The van der Waals surface area contributed by atoms with Gasteiger partial charge in [-0.05, 0) is 67.4 Å². The van der Waals surface area contributed by atoms with Crippen LogP contribution in [-0.2, 0) is 6.61 Å². The van der Waals surface area contributed by atoms with Crippen molar-refractivity contribution in [2.24, 2.45) is 0 Å². The number of rotatable bonds is 7. The second kappa shape index (κ2) is 11.3. The van der Waals surface area contributed by atoms with E-state index in [1.54, 1.807) is 18.2 Å². The number of nitriles is 1. The van der Waals surface area contributed by atoms with Crippen molar-refractivity contribution in [3.8, 4) is 17.6 Å². The van der Waals surface area contributed by atoms with E-state index in [2.05, 4.69) is 16.0 Å². The van der Waals surface area contributed by atoms with E-state index in [0.29, 0.717) is 39.5 Å². The van der Waals surface area contributed by atoms with Crippen molar-refractivity contribution in [1.82, 2.24) is 9.97 Å². The van der Waals surface area contributed by atoms with E-state index in [4.69, 9.17) is 32.7 Å². The van der Waals surface area contributed by atoms with Crippen LogP contribution in [0.5, 0.6) is 11.5 Å². The Morgan fingerprint density at radius 2 is 1.88 bits per heavy atom. The largest absolute Gasteiger partial charge is 0.490 e. The molecular weight excluding hydrogens is 493 g/mol. The molecule has 8 heteroatoms. The van der Waals surface area contributed by atoms with Gasteiger partial charge in [0.05, 0.1) is 23.2 Å². The Labute approximate surface area is 214 Å². The minimum atomic E-state index is 0. The number of benzene rings is 3. The number of aromatic amines is 1. The first kappa shape index (κ1) is 25.5. The minimum Gasteiger partial charge on any atom is -0.490 e. The number of ether oxygens (including phenoxy) is 2. The Morgan fingerprint density at radius 1 is 1.06 bits per heavy atom. The van der Waals surface area contributed by atoms with Crippen LogP contribution in [0.4, 0.5) is 0 Å². The zero-order chi connectivity index (χ0) is 23.4. The summed E-state index contributed by atoms with van der Waals surface area (Å²) in [6.45, 7) is 4.66. The SMILES string of the molecule is CCOc1cc(/C=C(/C#N)c2nc3ccc(C)cc3[nH]2)ccc1OCc1ccc(Cl)cc1Cl.Cl. The van der Waals surface area contributed by atoms with Crippen LogP contribution in [0.15, 0.2) is 54.6 Å². The fourth-order valence-electron chi connectivity index (χ4n) is 3.37. The summed E-state index contributed by atoms with van der Waals surface area (Å²) in [5, 5.41) is 10.9. The van der Waals surface area contributed by atoms with Gasteiger partial charge in [-0.2, -0.15) is 5.26 Å². The second-order valence-corrected chi connectivity index (χ2v) is 8.28. The Bertz CT molecular complexity index is 1390. The summed E-state index contributed by atoms with van der Waals surface area (Å²) in [7, 11) is 0. The lowest BCUT2D eigenvalue weighted by molar-refractivity contribution is 0.269. The Balaban J connectivity index is 0.00000324. The zero-order valence-corrected chi connectivity index (χ0v) is 20.9. The maximum atomic E-state index is 9.75. The summed E-state index contributed by atoms with van der Waals surface area (Å²) in [6.07, 6.45) is 1.77. The highest BCUT2D eigenvalue weighted by atomic mass is 35.5. The average molecular weight is 515 g/mol. The number of aromatic nitrogens is 2. The second-order valence-electron chi connectivity index (χ2n) is 7.44. The number of hydrogen-bond donors (Lipinski definition) is 1. The Hall–Kier alpha value is -3.17. The molecule has 0 aliphatic carbocycles. The molecule has 0 amide bonds. The number of nitrogens with zero attached hydrogens (tertiary/aromatic N) is 2. The van der Waals surface area contributed by atoms with E-state index in [0.717, 1.165) is 27.7 Å². The fourth-order valence-corrected chi connectivity index (χ4v) is 3.83. The van der Waals surface area contributed by atoms with E-state index >= 15 is 0 Å². The highest BCUT2D eigenvalue weighted by Crippen LogP contribution is 2.32. The molecule has 1 heterocycles. The van der Waals surface area contributed by atoms with Gasteiger partial charge < -0.3 is 14.5 Å². The van der Waals surface area contributed by atoms with Crippen LogP contribution in [0.2, 0.25) is 10.0 Å². The molecule has 0 fully saturated rings. The van der Waals surface area contributed by atoms with Crippen LogP contribution in [0, 0.1) is 18.3 Å². The van der Waals surface area contributed by atoms with Crippen LogP contribution >= 0.6 is 35.6 Å². The molecule has 4 aromatic rings. The third kappa shape index (κ3) is 5.84. The number of allylic oxidation sites excluding steroid dienone is 1. The van der Waals surface area contributed by atoms with E-state index in [-0.39, 0.29) is 19.0 Å². The van der Waals surface area contributed by atoms with Crippen molar-refractivity contribution < 1.29 is 9.47 Å². The monoisotopic (exact) mass is 513 g/mol. The number of nitrogens with one attached hydrogen (secondary N) is 1.